The molecule has 3 aromatic rings. The molecular weight excluding hydrogens is 362 g/mol. The predicted octanol–water partition coefficient (Wildman–Crippen LogP) is 3.79. The molecule has 0 saturated heterocycles. The van der Waals surface area contributed by atoms with Crippen LogP contribution in [0.1, 0.15) is 25.1 Å². The summed E-state index contributed by atoms with van der Waals surface area (Å²) in [5.74, 6) is 1.58. The lowest BCUT2D eigenvalue weighted by Gasteiger charge is -2.09. The lowest BCUT2D eigenvalue weighted by molar-refractivity contribution is 0.480. The van der Waals surface area contributed by atoms with Crippen molar-refractivity contribution >= 4 is 28.1 Å². The highest BCUT2D eigenvalue weighted by Gasteiger charge is 2.15. The molecule has 0 spiro atoms. The lowest BCUT2D eigenvalue weighted by Crippen LogP contribution is -2.23. The second-order valence-electron chi connectivity index (χ2n) is 6.23. The number of benzene rings is 1. The van der Waals surface area contributed by atoms with Gasteiger partial charge >= 0.3 is 0 Å². The van der Waals surface area contributed by atoms with Gasteiger partial charge in [-0.1, -0.05) is 0 Å². The van der Waals surface area contributed by atoms with Crippen molar-refractivity contribution in [2.24, 2.45) is 10.7 Å². The Balaban J connectivity index is 1.76. The van der Waals surface area contributed by atoms with Gasteiger partial charge in [0.15, 0.2) is 0 Å². The zero-order chi connectivity index (χ0) is 19.4. The molecule has 1 aromatic carbocycles. The van der Waals surface area contributed by atoms with Crippen molar-refractivity contribution in [2.75, 3.05) is 5.32 Å². The van der Waals surface area contributed by atoms with Gasteiger partial charge in [0.05, 0.1) is 6.20 Å². The minimum atomic E-state index is -0.253. The number of hydrogen-bond acceptors (Lipinski definition) is 6. The van der Waals surface area contributed by atoms with Crippen LogP contribution in [0, 0.1) is 6.92 Å². The lowest BCUT2D eigenvalue weighted by atomic mass is 10.2. The van der Waals surface area contributed by atoms with E-state index in [9.17, 15) is 4.79 Å². The van der Waals surface area contributed by atoms with Crippen LogP contribution in [-0.2, 0) is 0 Å². The third-order valence-electron chi connectivity index (χ3n) is 3.59. The van der Waals surface area contributed by atoms with Gasteiger partial charge in [-0.15, -0.1) is 0 Å². The summed E-state index contributed by atoms with van der Waals surface area (Å²) < 4.78 is 8.46. The number of hydrogen-bond donors (Lipinski definition) is 3. The van der Waals surface area contributed by atoms with Crippen molar-refractivity contribution in [1.82, 2.24) is 9.36 Å². The molecule has 0 fully saturated rings. The molecule has 0 aliphatic rings. The number of H-pyrrole nitrogens is 1. The summed E-state index contributed by atoms with van der Waals surface area (Å²) in [5.41, 5.74) is 7.83. The molecule has 0 aliphatic carbocycles. The summed E-state index contributed by atoms with van der Waals surface area (Å²) in [6.45, 7) is 5.73. The maximum absolute atomic E-state index is 12.1. The van der Waals surface area contributed by atoms with Gasteiger partial charge in [0, 0.05) is 17.4 Å². The second kappa shape index (κ2) is 8.05. The molecule has 0 saturated carbocycles. The Bertz CT molecular complexity index is 988. The highest BCUT2D eigenvalue weighted by atomic mass is 32.1. The van der Waals surface area contributed by atoms with Crippen LogP contribution in [0.2, 0.25) is 0 Å². The average molecular weight is 383 g/mol. The second-order valence-corrected chi connectivity index (χ2v) is 7.05. The first-order valence-electron chi connectivity index (χ1n) is 8.45. The number of pyridine rings is 1. The summed E-state index contributed by atoms with van der Waals surface area (Å²) in [5, 5.41) is 3.83. The smallest absolute Gasteiger partial charge is 0.271 e. The normalized spacial score (nSPS) is 11.6. The summed E-state index contributed by atoms with van der Waals surface area (Å²) in [6.07, 6.45) is 1.68. The fourth-order valence-corrected chi connectivity index (χ4v) is 3.12. The Morgan fingerprint density at radius 2 is 1.93 bits per heavy atom. The fourth-order valence-electron chi connectivity index (χ4n) is 2.35. The topological polar surface area (TPSA) is 105 Å². The fraction of sp³-hybridized carbons (Fsp3) is 0.211. The Morgan fingerprint density at radius 3 is 2.56 bits per heavy atom. The van der Waals surface area contributed by atoms with E-state index in [0.717, 1.165) is 11.4 Å². The highest BCUT2D eigenvalue weighted by molar-refractivity contribution is 7.10. The van der Waals surface area contributed by atoms with E-state index in [2.05, 4.69) is 19.7 Å². The van der Waals surface area contributed by atoms with E-state index in [1.165, 1.54) is 11.5 Å². The van der Waals surface area contributed by atoms with Crippen molar-refractivity contribution in [2.45, 2.75) is 26.8 Å². The number of aromatic nitrogens is 2. The Labute approximate surface area is 161 Å². The van der Waals surface area contributed by atoms with E-state index in [1.54, 1.807) is 6.20 Å². The number of aromatic amines is 1. The zero-order valence-corrected chi connectivity index (χ0v) is 16.1. The van der Waals surface area contributed by atoms with Crippen molar-refractivity contribution < 1.29 is 4.74 Å². The largest absolute Gasteiger partial charge is 0.456 e. The molecule has 2 aromatic heterocycles. The molecule has 0 aliphatic heterocycles. The number of nitrogens with two attached hydrogens (primary N) is 1. The number of nitrogens with zero attached hydrogens (tertiary/aromatic N) is 2. The van der Waals surface area contributed by atoms with Crippen LogP contribution >= 0.6 is 11.5 Å². The van der Waals surface area contributed by atoms with Crippen LogP contribution in [0.25, 0.3) is 0 Å². The van der Waals surface area contributed by atoms with Gasteiger partial charge < -0.3 is 15.8 Å². The van der Waals surface area contributed by atoms with E-state index in [-0.39, 0.29) is 17.4 Å². The first kappa shape index (κ1) is 18.7. The predicted molar refractivity (Wildman–Crippen MR) is 110 cm³/mol. The van der Waals surface area contributed by atoms with Crippen LogP contribution in [0.15, 0.2) is 52.4 Å². The van der Waals surface area contributed by atoms with Crippen molar-refractivity contribution in [3.8, 4) is 11.5 Å². The zero-order valence-electron chi connectivity index (χ0n) is 15.3. The molecule has 8 heteroatoms. The van der Waals surface area contributed by atoms with Gasteiger partial charge in [0.1, 0.15) is 27.9 Å². The van der Waals surface area contributed by atoms with E-state index in [4.69, 9.17) is 10.5 Å². The van der Waals surface area contributed by atoms with E-state index in [1.807, 2.05) is 57.2 Å². The van der Waals surface area contributed by atoms with Crippen LogP contribution in [0.4, 0.5) is 10.7 Å². The summed E-state index contributed by atoms with van der Waals surface area (Å²) in [6, 6.07) is 11.2. The molecule has 27 heavy (non-hydrogen) atoms. The van der Waals surface area contributed by atoms with Crippen LogP contribution < -0.4 is 21.3 Å². The van der Waals surface area contributed by atoms with E-state index >= 15 is 0 Å². The standard InChI is InChI=1S/C19H21N5O2S/c1-11(2)22-17(20)16-18(25)24-27-19(16)23-13-5-8-14(9-6-13)26-15-7-4-12(3)21-10-15/h4-11,23H,1-3H3,(H2,20,22)(H,24,25). The molecule has 140 valence electrons. The Kier molecular flexibility index (Phi) is 5.56. The summed E-state index contributed by atoms with van der Waals surface area (Å²) >= 11 is 1.19. The monoisotopic (exact) mass is 383 g/mol. The SMILES string of the molecule is Cc1ccc(Oc2ccc(Nc3s[nH]c(=O)c3C(N)=NC(C)C)cc2)cn1. The molecule has 0 bridgehead atoms. The number of ether oxygens (including phenoxy) is 1. The Hall–Kier alpha value is -3.13. The number of aliphatic imine (C=N–C) groups is 1. The van der Waals surface area contributed by atoms with Gasteiger partial charge in [-0.05, 0) is 68.7 Å². The third-order valence-corrected chi connectivity index (χ3v) is 4.38. The summed E-state index contributed by atoms with van der Waals surface area (Å²) in [7, 11) is 0. The maximum Gasteiger partial charge on any atom is 0.271 e. The Morgan fingerprint density at radius 1 is 1.22 bits per heavy atom. The van der Waals surface area contributed by atoms with Gasteiger partial charge in [0.25, 0.3) is 5.56 Å². The van der Waals surface area contributed by atoms with E-state index < -0.39 is 0 Å². The van der Waals surface area contributed by atoms with Crippen molar-refractivity contribution in [1.29, 1.82) is 0 Å². The summed E-state index contributed by atoms with van der Waals surface area (Å²) in [4.78, 5) is 20.5. The molecule has 4 N–H and O–H groups in total. The van der Waals surface area contributed by atoms with Crippen molar-refractivity contribution in [3.05, 3.63) is 64.2 Å². The van der Waals surface area contributed by atoms with Crippen molar-refractivity contribution in [3.63, 3.8) is 0 Å². The number of rotatable bonds is 6. The minimum absolute atomic E-state index is 0.00449. The van der Waals surface area contributed by atoms with Gasteiger partial charge in [0.2, 0.25) is 0 Å². The first-order valence-corrected chi connectivity index (χ1v) is 9.26. The molecular formula is C19H21N5O2S. The first-order chi connectivity index (χ1) is 12.9. The highest BCUT2D eigenvalue weighted by Crippen LogP contribution is 2.26. The molecule has 0 radical (unpaired) electrons. The number of nitrogens with one attached hydrogen (secondary N) is 2. The average Bonchev–Trinajstić information content (AvgIpc) is 2.98. The van der Waals surface area contributed by atoms with Crippen LogP contribution in [0.5, 0.6) is 11.5 Å². The van der Waals surface area contributed by atoms with Crippen LogP contribution in [0.3, 0.4) is 0 Å². The molecule has 0 amide bonds. The molecule has 7 nitrogen and oxygen atoms in total. The number of anilines is 2. The maximum atomic E-state index is 12.1. The van der Waals surface area contributed by atoms with Gasteiger partial charge in [-0.3, -0.25) is 19.1 Å². The molecule has 2 heterocycles. The van der Waals surface area contributed by atoms with E-state index in [0.29, 0.717) is 22.1 Å². The van der Waals surface area contributed by atoms with Crippen LogP contribution in [-0.4, -0.2) is 21.2 Å². The quantitative estimate of drug-likeness (QED) is 0.444. The number of aryl methyl sites for hydroxylation is 1. The third kappa shape index (κ3) is 4.73. The molecule has 3 rings (SSSR count). The van der Waals surface area contributed by atoms with Gasteiger partial charge in [-0.25, -0.2) is 0 Å². The van der Waals surface area contributed by atoms with Gasteiger partial charge in [-0.2, -0.15) is 0 Å². The molecule has 0 unspecified atom stereocenters. The minimum Gasteiger partial charge on any atom is -0.456 e. The molecule has 0 atom stereocenters. The number of amidine groups is 1.